The van der Waals surface area contributed by atoms with Crippen LogP contribution in [-0.4, -0.2) is 41.8 Å². The first-order chi connectivity index (χ1) is 19.0. The van der Waals surface area contributed by atoms with Crippen molar-refractivity contribution >= 4 is 11.8 Å². The van der Waals surface area contributed by atoms with Crippen molar-refractivity contribution in [3.8, 4) is 0 Å². The van der Waals surface area contributed by atoms with Crippen LogP contribution >= 0.6 is 0 Å². The predicted molar refractivity (Wildman–Crippen MR) is 156 cm³/mol. The highest BCUT2D eigenvalue weighted by Crippen LogP contribution is 2.28. The van der Waals surface area contributed by atoms with Gasteiger partial charge in [-0.1, -0.05) is 30.3 Å². The van der Waals surface area contributed by atoms with Crippen molar-refractivity contribution in [3.63, 3.8) is 0 Å². The molecule has 1 N–H and O–H groups in total. The lowest BCUT2D eigenvalue weighted by Crippen LogP contribution is -2.46. The van der Waals surface area contributed by atoms with Crippen molar-refractivity contribution < 1.29 is 18.3 Å². The number of amides is 1. The summed E-state index contributed by atoms with van der Waals surface area (Å²) in [5.74, 6) is -0.511. The number of carbonyl (C=O) groups excluding carboxylic acids is 1. The van der Waals surface area contributed by atoms with E-state index in [-0.39, 0.29) is 29.8 Å². The molecule has 0 aromatic heterocycles. The van der Waals surface area contributed by atoms with Crippen LogP contribution in [0.3, 0.4) is 0 Å². The van der Waals surface area contributed by atoms with E-state index in [0.29, 0.717) is 38.5 Å². The average molecular weight is 550 g/mol. The van der Waals surface area contributed by atoms with Crippen LogP contribution in [0.25, 0.3) is 0 Å². The second-order valence-electron chi connectivity index (χ2n) is 11.9. The zero-order valence-electron chi connectivity index (χ0n) is 24.2. The van der Waals surface area contributed by atoms with Gasteiger partial charge in [0, 0.05) is 42.9 Å². The number of anilines is 1. The molecule has 1 atom stereocenters. The van der Waals surface area contributed by atoms with Gasteiger partial charge in [-0.3, -0.25) is 4.90 Å². The average Bonchev–Trinajstić information content (AvgIpc) is 2.89. The van der Waals surface area contributed by atoms with Crippen molar-refractivity contribution in [2.24, 2.45) is 0 Å². The molecule has 1 heterocycles. The first kappa shape index (κ1) is 29.5. The lowest BCUT2D eigenvalue weighted by atomic mass is 9.90. The van der Waals surface area contributed by atoms with Crippen molar-refractivity contribution in [1.82, 2.24) is 10.2 Å². The Hall–Kier alpha value is -3.45. The van der Waals surface area contributed by atoms with Crippen LogP contribution in [0.2, 0.25) is 0 Å². The molecule has 0 saturated carbocycles. The second-order valence-corrected chi connectivity index (χ2v) is 11.9. The monoisotopic (exact) mass is 549 g/mol. The van der Waals surface area contributed by atoms with Crippen molar-refractivity contribution in [2.45, 2.75) is 78.2 Å². The van der Waals surface area contributed by atoms with Crippen molar-refractivity contribution in [1.29, 1.82) is 0 Å². The van der Waals surface area contributed by atoms with Gasteiger partial charge in [0.2, 0.25) is 0 Å². The highest BCUT2D eigenvalue weighted by molar-refractivity contribution is 5.67. The number of rotatable bonds is 9. The minimum absolute atomic E-state index is 0.00237. The summed E-state index contributed by atoms with van der Waals surface area (Å²) < 4.78 is 32.8. The molecule has 5 nitrogen and oxygen atoms in total. The normalized spacial score (nSPS) is 15.6. The minimum Gasteiger partial charge on any atom is -0.448 e. The highest BCUT2D eigenvalue weighted by Gasteiger charge is 2.27. The molecule has 7 heteroatoms. The van der Waals surface area contributed by atoms with E-state index in [9.17, 15) is 13.6 Å². The van der Waals surface area contributed by atoms with Gasteiger partial charge in [-0.25, -0.2) is 13.6 Å². The van der Waals surface area contributed by atoms with Gasteiger partial charge in [0.1, 0.15) is 18.2 Å². The van der Waals surface area contributed by atoms with Crippen molar-refractivity contribution in [3.05, 3.63) is 101 Å². The fourth-order valence-corrected chi connectivity index (χ4v) is 5.74. The number of carbonyl (C=O) groups is 1. The first-order valence-electron chi connectivity index (χ1n) is 14.0. The second kappa shape index (κ2) is 12.8. The molecule has 0 radical (unpaired) electrons. The lowest BCUT2D eigenvalue weighted by Gasteiger charge is -2.41. The van der Waals surface area contributed by atoms with Crippen LogP contribution in [0.15, 0.2) is 66.7 Å². The molecule has 40 heavy (non-hydrogen) atoms. The van der Waals surface area contributed by atoms with E-state index < -0.39 is 6.09 Å². The fourth-order valence-electron chi connectivity index (χ4n) is 5.74. The van der Waals surface area contributed by atoms with E-state index in [0.717, 1.165) is 27.9 Å². The third-order valence-electron chi connectivity index (χ3n) is 7.40. The van der Waals surface area contributed by atoms with Gasteiger partial charge >= 0.3 is 6.09 Å². The summed E-state index contributed by atoms with van der Waals surface area (Å²) in [6.07, 6.45) is 0.912. The molecule has 1 aliphatic heterocycles. The van der Waals surface area contributed by atoms with E-state index in [1.54, 1.807) is 18.2 Å². The summed E-state index contributed by atoms with van der Waals surface area (Å²) in [5, 5.41) is 2.85. The topological polar surface area (TPSA) is 44.8 Å². The molecule has 1 aliphatic rings. The fraction of sp³-hybridized carbons (Fsp3) is 0.424. The minimum atomic E-state index is -0.461. The van der Waals surface area contributed by atoms with E-state index >= 15 is 0 Å². The van der Waals surface area contributed by atoms with Crippen LogP contribution in [0.1, 0.15) is 56.9 Å². The summed E-state index contributed by atoms with van der Waals surface area (Å²) in [4.78, 5) is 17.1. The number of halogens is 2. The predicted octanol–water partition coefficient (Wildman–Crippen LogP) is 6.87. The Morgan fingerprint density at radius 1 is 0.975 bits per heavy atom. The number of fused-ring (bicyclic) bond motifs is 1. The molecular formula is C33H41F2N3O2. The van der Waals surface area contributed by atoms with E-state index in [2.05, 4.69) is 61.9 Å². The maximum atomic E-state index is 13.9. The number of nitrogens with zero attached hydrogens (tertiary/aromatic N) is 2. The Morgan fingerprint density at radius 2 is 1.62 bits per heavy atom. The highest BCUT2D eigenvalue weighted by atomic mass is 19.1. The number of ether oxygens (including phenoxy) is 1. The molecule has 3 aromatic rings. The summed E-state index contributed by atoms with van der Waals surface area (Å²) in [7, 11) is 0. The summed E-state index contributed by atoms with van der Waals surface area (Å²) in [5.41, 5.74) is 5.23. The molecule has 0 saturated heterocycles. The van der Waals surface area contributed by atoms with Gasteiger partial charge in [0.25, 0.3) is 0 Å². The molecule has 1 unspecified atom stereocenters. The molecular weight excluding hydrogens is 508 g/mol. The Balaban J connectivity index is 1.31. The van der Waals surface area contributed by atoms with Gasteiger partial charge in [-0.2, -0.15) is 0 Å². The molecule has 3 aromatic carbocycles. The van der Waals surface area contributed by atoms with Crippen LogP contribution < -0.4 is 10.2 Å². The van der Waals surface area contributed by atoms with Crippen LogP contribution in [-0.2, 0) is 30.7 Å². The zero-order chi connectivity index (χ0) is 28.9. The van der Waals surface area contributed by atoms with Gasteiger partial charge in [0.15, 0.2) is 0 Å². The molecule has 0 fully saturated rings. The Kier molecular flexibility index (Phi) is 9.46. The molecule has 0 spiro atoms. The largest absolute Gasteiger partial charge is 0.448 e. The van der Waals surface area contributed by atoms with Gasteiger partial charge < -0.3 is 15.0 Å². The summed E-state index contributed by atoms with van der Waals surface area (Å²) in [6.45, 7) is 12.8. The maximum absolute atomic E-state index is 13.9. The van der Waals surface area contributed by atoms with E-state index in [4.69, 9.17) is 4.74 Å². The number of benzene rings is 3. The Morgan fingerprint density at radius 3 is 2.27 bits per heavy atom. The molecule has 214 valence electrons. The SMILES string of the molecule is CC(C)N(c1ccc(CNC(=O)OCCN2Cc3ccc(F)cc3CC2Cc2ccc(F)cc2)cc1)C(C)(C)C. The van der Waals surface area contributed by atoms with Crippen LogP contribution in [0.4, 0.5) is 19.3 Å². The smallest absolute Gasteiger partial charge is 0.407 e. The number of hydrogen-bond donors (Lipinski definition) is 1. The molecule has 1 amide bonds. The van der Waals surface area contributed by atoms with Gasteiger partial charge in [0.05, 0.1) is 0 Å². The quantitative estimate of drug-likeness (QED) is 0.316. The molecule has 4 rings (SSSR count). The first-order valence-corrected chi connectivity index (χ1v) is 14.0. The Bertz CT molecular complexity index is 1270. The number of nitrogens with one attached hydrogen (secondary N) is 1. The maximum Gasteiger partial charge on any atom is 0.407 e. The summed E-state index contributed by atoms with van der Waals surface area (Å²) >= 11 is 0. The molecule has 0 aliphatic carbocycles. The Labute approximate surface area is 237 Å². The molecule has 0 bridgehead atoms. The van der Waals surface area contributed by atoms with Gasteiger partial charge in [-0.05, 0) is 106 Å². The third-order valence-corrected chi connectivity index (χ3v) is 7.40. The zero-order valence-corrected chi connectivity index (χ0v) is 24.2. The van der Waals surface area contributed by atoms with E-state index in [1.165, 1.54) is 18.2 Å². The van der Waals surface area contributed by atoms with Gasteiger partial charge in [-0.15, -0.1) is 0 Å². The van der Waals surface area contributed by atoms with Crippen molar-refractivity contribution in [2.75, 3.05) is 18.1 Å². The third kappa shape index (κ3) is 7.81. The number of hydrogen-bond acceptors (Lipinski definition) is 4. The van der Waals surface area contributed by atoms with Crippen LogP contribution in [0.5, 0.6) is 0 Å². The van der Waals surface area contributed by atoms with E-state index in [1.807, 2.05) is 18.2 Å². The summed E-state index contributed by atoms with van der Waals surface area (Å²) in [6, 6.07) is 20.1. The standard InChI is InChI=1S/C33H41F2N3O2/c1-23(2)38(33(3,4)5)30-14-8-25(9-15-30)21-36-32(39)40-17-16-37-22-26-10-13-29(35)19-27(26)20-31(37)18-24-6-11-28(34)12-7-24/h6-15,19,23,31H,16-18,20-22H2,1-5H3,(H,36,39). The van der Waals surface area contributed by atoms with Crippen LogP contribution in [0, 0.1) is 11.6 Å². The number of alkyl carbamates (subject to hydrolysis) is 1. The lowest BCUT2D eigenvalue weighted by molar-refractivity contribution is 0.102.